The summed E-state index contributed by atoms with van der Waals surface area (Å²) in [4.78, 5) is 28.3. The number of fused-ring (bicyclic) bond motifs is 1. The van der Waals surface area contributed by atoms with Gasteiger partial charge in [0.25, 0.3) is 5.91 Å². The first-order valence-electron chi connectivity index (χ1n) is 11.5. The number of halogens is 1. The van der Waals surface area contributed by atoms with Crippen molar-refractivity contribution in [1.82, 2.24) is 25.2 Å². The van der Waals surface area contributed by atoms with Crippen molar-refractivity contribution < 1.29 is 24.2 Å². The van der Waals surface area contributed by atoms with E-state index in [9.17, 15) is 19.1 Å². The first-order chi connectivity index (χ1) is 17.3. The molecule has 0 aromatic carbocycles. The first-order valence-corrected chi connectivity index (χ1v) is 11.5. The highest BCUT2D eigenvalue weighted by Gasteiger charge is 2.28. The van der Waals surface area contributed by atoms with Crippen LogP contribution in [-0.4, -0.2) is 68.2 Å². The maximum Gasteiger partial charge on any atom is 0.404 e. The molecule has 37 heavy (non-hydrogen) atoms. The van der Waals surface area contributed by atoms with Gasteiger partial charge in [0.2, 0.25) is 0 Å². The van der Waals surface area contributed by atoms with Crippen molar-refractivity contribution in [3.63, 3.8) is 0 Å². The average molecular weight is 512 g/mol. The molecule has 1 unspecified atom stereocenters. The number of alkyl halides is 1. The number of hydrogen-bond acceptors (Lipinski definition) is 7. The van der Waals surface area contributed by atoms with Crippen LogP contribution >= 0.6 is 0 Å². The molecular formula is C25H30FN7O4. The number of hydrogen-bond donors (Lipinski definition) is 5. The lowest BCUT2D eigenvalue weighted by molar-refractivity contribution is -0.00177. The number of anilines is 1. The Morgan fingerprint density at radius 1 is 1.16 bits per heavy atom. The largest absolute Gasteiger partial charge is 0.465 e. The second kappa shape index (κ2) is 10.8. The van der Waals surface area contributed by atoms with Gasteiger partial charge in [-0.05, 0) is 43.5 Å². The van der Waals surface area contributed by atoms with Gasteiger partial charge < -0.3 is 26.2 Å². The van der Waals surface area contributed by atoms with Crippen LogP contribution in [0.25, 0.3) is 16.9 Å². The van der Waals surface area contributed by atoms with Crippen LogP contribution in [-0.2, 0) is 0 Å². The van der Waals surface area contributed by atoms with Crippen molar-refractivity contribution >= 4 is 23.2 Å². The van der Waals surface area contributed by atoms with Crippen LogP contribution in [0, 0.1) is 16.7 Å². The summed E-state index contributed by atoms with van der Waals surface area (Å²) in [6.07, 6.45) is -0.0295. The van der Waals surface area contributed by atoms with E-state index in [0.717, 1.165) is 0 Å². The van der Waals surface area contributed by atoms with Crippen LogP contribution in [0.4, 0.5) is 14.9 Å². The first kappa shape index (κ1) is 27.3. The Morgan fingerprint density at radius 3 is 2.54 bits per heavy atom. The normalized spacial score (nSPS) is 12.6. The molecule has 0 aliphatic heterocycles. The Bertz CT molecular complexity index is 1340. The van der Waals surface area contributed by atoms with Crippen LogP contribution in [0.5, 0.6) is 0 Å². The van der Waals surface area contributed by atoms with Gasteiger partial charge in [0, 0.05) is 19.3 Å². The monoisotopic (exact) mass is 511 g/mol. The topological polar surface area (TPSA) is 165 Å². The third kappa shape index (κ3) is 6.92. The second-order valence-corrected chi connectivity index (χ2v) is 10.0. The summed E-state index contributed by atoms with van der Waals surface area (Å²) < 4.78 is 15.8. The lowest BCUT2D eigenvalue weighted by Gasteiger charge is -2.26. The highest BCUT2D eigenvalue weighted by molar-refractivity contribution is 6.00. The molecule has 5 N–H and O–H groups in total. The molecule has 0 fully saturated rings. The molecule has 0 radical (unpaired) electrons. The van der Waals surface area contributed by atoms with Gasteiger partial charge in [-0.1, -0.05) is 13.8 Å². The zero-order valence-electron chi connectivity index (χ0n) is 21.0. The fraction of sp³-hybridized carbons (Fsp3) is 0.400. The smallest absolute Gasteiger partial charge is 0.404 e. The minimum Gasteiger partial charge on any atom is -0.465 e. The summed E-state index contributed by atoms with van der Waals surface area (Å²) in [5.74, 6) is -0.591. The SMILES string of the molecule is CC(C)(CNC(=O)O)CNc1cc(-c2ccc3cc(C#N)cnn23)ncc1C(=O)NCC(F)C(C)(C)O. The molecule has 0 aliphatic rings. The molecule has 3 aromatic heterocycles. The lowest BCUT2D eigenvalue weighted by Crippen LogP contribution is -2.42. The third-order valence-corrected chi connectivity index (χ3v) is 5.72. The third-order valence-electron chi connectivity index (χ3n) is 5.72. The van der Waals surface area contributed by atoms with Gasteiger partial charge >= 0.3 is 6.09 Å². The minimum absolute atomic E-state index is 0.147. The molecule has 1 atom stereocenters. The van der Waals surface area contributed by atoms with Crippen LogP contribution in [0.2, 0.25) is 0 Å². The Balaban J connectivity index is 1.93. The van der Waals surface area contributed by atoms with Crippen molar-refractivity contribution in [2.75, 3.05) is 25.0 Å². The number of rotatable bonds is 10. The zero-order chi connectivity index (χ0) is 27.4. The molecule has 3 rings (SSSR count). The number of amides is 2. The molecule has 11 nitrogen and oxygen atoms in total. The molecule has 0 spiro atoms. The van der Waals surface area contributed by atoms with E-state index in [1.54, 1.807) is 28.8 Å². The number of pyridine rings is 1. The van der Waals surface area contributed by atoms with E-state index in [0.29, 0.717) is 34.7 Å². The highest BCUT2D eigenvalue weighted by Crippen LogP contribution is 2.27. The predicted molar refractivity (Wildman–Crippen MR) is 135 cm³/mol. The molecule has 2 amide bonds. The van der Waals surface area contributed by atoms with E-state index < -0.39 is 35.7 Å². The van der Waals surface area contributed by atoms with E-state index in [1.807, 2.05) is 19.9 Å². The number of carboxylic acid groups (broad SMARTS) is 1. The van der Waals surface area contributed by atoms with E-state index in [4.69, 9.17) is 10.4 Å². The van der Waals surface area contributed by atoms with Crippen molar-refractivity contribution in [3.8, 4) is 17.5 Å². The maximum atomic E-state index is 14.2. The average Bonchev–Trinajstić information content (AvgIpc) is 3.27. The van der Waals surface area contributed by atoms with Crippen molar-refractivity contribution in [1.29, 1.82) is 5.26 Å². The van der Waals surface area contributed by atoms with Crippen LogP contribution in [0.1, 0.15) is 43.6 Å². The van der Waals surface area contributed by atoms with E-state index in [-0.39, 0.29) is 12.1 Å². The molecule has 196 valence electrons. The number of aromatic nitrogens is 3. The number of nitriles is 1. The highest BCUT2D eigenvalue weighted by atomic mass is 19.1. The minimum atomic E-state index is -1.68. The second-order valence-electron chi connectivity index (χ2n) is 10.0. The summed E-state index contributed by atoms with van der Waals surface area (Å²) in [5.41, 5.74) is 0.610. The van der Waals surface area contributed by atoms with Gasteiger partial charge in [-0.15, -0.1) is 0 Å². The maximum absolute atomic E-state index is 14.2. The zero-order valence-corrected chi connectivity index (χ0v) is 21.0. The standard InChI is InChI=1S/C25H30FN7O4/c1-24(2,14-31-23(35)36)13-30-18-8-19(20-6-5-16-7-15(9-27)10-32-33(16)20)28-11-17(18)22(34)29-12-21(26)25(3,4)37/h5-8,10-11,21,31,37H,12-14H2,1-4H3,(H,28,30)(H,29,34)(H,35,36). The molecule has 3 heterocycles. The van der Waals surface area contributed by atoms with Crippen molar-refractivity contribution in [3.05, 3.63) is 47.8 Å². The quantitative estimate of drug-likeness (QED) is 0.277. The summed E-state index contributed by atoms with van der Waals surface area (Å²) in [5, 5.41) is 40.2. The summed E-state index contributed by atoms with van der Waals surface area (Å²) >= 11 is 0. The van der Waals surface area contributed by atoms with E-state index in [1.165, 1.54) is 26.2 Å². The van der Waals surface area contributed by atoms with E-state index >= 15 is 0 Å². The Labute approximate surface area is 213 Å². The van der Waals surface area contributed by atoms with Gasteiger partial charge in [0.15, 0.2) is 0 Å². The van der Waals surface area contributed by atoms with Gasteiger partial charge in [-0.3, -0.25) is 9.78 Å². The van der Waals surface area contributed by atoms with Crippen LogP contribution in [0.3, 0.4) is 0 Å². The lowest BCUT2D eigenvalue weighted by atomic mass is 9.93. The summed E-state index contributed by atoms with van der Waals surface area (Å²) in [6, 6.07) is 8.96. The Kier molecular flexibility index (Phi) is 7.98. The molecule has 0 saturated carbocycles. The predicted octanol–water partition coefficient (Wildman–Crippen LogP) is 2.81. The van der Waals surface area contributed by atoms with Crippen molar-refractivity contribution in [2.24, 2.45) is 5.41 Å². The summed E-state index contributed by atoms with van der Waals surface area (Å²) in [7, 11) is 0. The number of nitrogens with zero attached hydrogens (tertiary/aromatic N) is 4. The van der Waals surface area contributed by atoms with Gasteiger partial charge in [0.1, 0.15) is 12.2 Å². The number of carbonyl (C=O) groups is 2. The molecule has 0 saturated heterocycles. The Morgan fingerprint density at radius 2 is 1.89 bits per heavy atom. The molecular weight excluding hydrogens is 481 g/mol. The number of nitrogens with one attached hydrogen (secondary N) is 3. The molecule has 12 heteroatoms. The van der Waals surface area contributed by atoms with Gasteiger partial charge in [-0.2, -0.15) is 10.4 Å². The molecule has 0 aliphatic carbocycles. The summed E-state index contributed by atoms with van der Waals surface area (Å²) in [6.45, 7) is 6.40. The fourth-order valence-electron chi connectivity index (χ4n) is 3.42. The fourth-order valence-corrected chi connectivity index (χ4v) is 3.42. The van der Waals surface area contributed by atoms with Crippen molar-refractivity contribution in [2.45, 2.75) is 39.5 Å². The van der Waals surface area contributed by atoms with E-state index in [2.05, 4.69) is 26.0 Å². The number of carbonyl (C=O) groups excluding carboxylic acids is 1. The Hall–Kier alpha value is -4.24. The molecule has 3 aromatic rings. The van der Waals surface area contributed by atoms with Crippen LogP contribution in [0.15, 0.2) is 36.7 Å². The van der Waals surface area contributed by atoms with Gasteiger partial charge in [0.05, 0.1) is 52.1 Å². The van der Waals surface area contributed by atoms with Gasteiger partial charge in [-0.25, -0.2) is 13.7 Å². The molecule has 0 bridgehead atoms. The number of aliphatic hydroxyl groups is 1. The van der Waals surface area contributed by atoms with Crippen LogP contribution < -0.4 is 16.0 Å².